The maximum Gasteiger partial charge on any atom is 0.193 e. The van der Waals surface area contributed by atoms with E-state index in [2.05, 4.69) is 57.4 Å². The standard InChI is InChI=1S/C17H27N5O/c1-13-16(14(2)23-20-13)9-6-10-19-17(18-3)22(5)12-15-8-7-11-21(15)4/h7-8,11H,6,9-10,12H2,1-5H3,(H,18,19). The van der Waals surface area contributed by atoms with Crippen molar-refractivity contribution in [2.24, 2.45) is 12.0 Å². The van der Waals surface area contributed by atoms with Gasteiger partial charge in [0.15, 0.2) is 5.96 Å². The number of guanidine groups is 1. The number of hydrogen-bond acceptors (Lipinski definition) is 3. The molecule has 0 radical (unpaired) electrons. The molecule has 0 spiro atoms. The molecule has 0 fully saturated rings. The number of hydrogen-bond donors (Lipinski definition) is 1. The van der Waals surface area contributed by atoms with Crippen LogP contribution in [0, 0.1) is 13.8 Å². The number of aliphatic imine (C=N–C) groups is 1. The highest BCUT2D eigenvalue weighted by Gasteiger charge is 2.10. The summed E-state index contributed by atoms with van der Waals surface area (Å²) in [5, 5.41) is 7.41. The second-order valence-electron chi connectivity index (χ2n) is 5.85. The van der Waals surface area contributed by atoms with Gasteiger partial charge in [0.25, 0.3) is 0 Å². The SMILES string of the molecule is CN=C(NCCCc1c(C)noc1C)N(C)Cc1cccn1C. The van der Waals surface area contributed by atoms with E-state index in [1.807, 2.05) is 20.9 Å². The molecule has 0 amide bonds. The molecule has 0 aliphatic rings. The summed E-state index contributed by atoms with van der Waals surface area (Å²) in [6, 6.07) is 4.18. The van der Waals surface area contributed by atoms with Gasteiger partial charge in [-0.3, -0.25) is 4.99 Å². The van der Waals surface area contributed by atoms with Gasteiger partial charge < -0.3 is 19.3 Å². The lowest BCUT2D eigenvalue weighted by atomic mass is 10.1. The van der Waals surface area contributed by atoms with E-state index in [1.54, 1.807) is 0 Å². The average molecular weight is 317 g/mol. The Morgan fingerprint density at radius 3 is 2.78 bits per heavy atom. The largest absolute Gasteiger partial charge is 0.361 e. The zero-order valence-corrected chi connectivity index (χ0v) is 14.8. The third-order valence-electron chi connectivity index (χ3n) is 4.09. The van der Waals surface area contributed by atoms with Crippen LogP contribution in [-0.2, 0) is 20.0 Å². The first-order valence-electron chi connectivity index (χ1n) is 7.96. The molecule has 2 rings (SSSR count). The van der Waals surface area contributed by atoms with Crippen LogP contribution in [0.25, 0.3) is 0 Å². The van der Waals surface area contributed by atoms with Crippen LogP contribution in [0.3, 0.4) is 0 Å². The minimum absolute atomic E-state index is 0.826. The summed E-state index contributed by atoms with van der Waals surface area (Å²) in [6.07, 6.45) is 4.04. The van der Waals surface area contributed by atoms with Gasteiger partial charge in [0.2, 0.25) is 0 Å². The zero-order valence-electron chi connectivity index (χ0n) is 14.8. The van der Waals surface area contributed by atoms with E-state index in [9.17, 15) is 0 Å². The normalized spacial score (nSPS) is 11.8. The van der Waals surface area contributed by atoms with Gasteiger partial charge in [-0.1, -0.05) is 5.16 Å². The van der Waals surface area contributed by atoms with Crippen LogP contribution >= 0.6 is 0 Å². The van der Waals surface area contributed by atoms with Gasteiger partial charge in [0.05, 0.1) is 12.2 Å². The lowest BCUT2D eigenvalue weighted by Gasteiger charge is -2.22. The minimum atomic E-state index is 0.826. The summed E-state index contributed by atoms with van der Waals surface area (Å²) in [4.78, 5) is 6.49. The fourth-order valence-corrected chi connectivity index (χ4v) is 2.69. The summed E-state index contributed by atoms with van der Waals surface area (Å²) >= 11 is 0. The first-order valence-corrected chi connectivity index (χ1v) is 7.96. The van der Waals surface area contributed by atoms with Gasteiger partial charge in [-0.15, -0.1) is 0 Å². The van der Waals surface area contributed by atoms with Crippen molar-refractivity contribution in [3.63, 3.8) is 0 Å². The van der Waals surface area contributed by atoms with E-state index < -0.39 is 0 Å². The summed E-state index contributed by atoms with van der Waals surface area (Å²) < 4.78 is 7.32. The molecule has 0 saturated carbocycles. The molecule has 0 unspecified atom stereocenters. The van der Waals surface area contributed by atoms with E-state index >= 15 is 0 Å². The van der Waals surface area contributed by atoms with Crippen LogP contribution in [0.5, 0.6) is 0 Å². The molecule has 1 N–H and O–H groups in total. The van der Waals surface area contributed by atoms with Crippen molar-refractivity contribution in [2.45, 2.75) is 33.2 Å². The zero-order chi connectivity index (χ0) is 16.8. The molecule has 2 heterocycles. The van der Waals surface area contributed by atoms with Gasteiger partial charge in [-0.05, 0) is 38.8 Å². The molecule has 126 valence electrons. The van der Waals surface area contributed by atoms with Crippen molar-refractivity contribution in [2.75, 3.05) is 20.6 Å². The molecule has 2 aromatic rings. The van der Waals surface area contributed by atoms with Crippen LogP contribution in [0.15, 0.2) is 27.8 Å². The molecule has 23 heavy (non-hydrogen) atoms. The highest BCUT2D eigenvalue weighted by atomic mass is 16.5. The van der Waals surface area contributed by atoms with E-state index in [-0.39, 0.29) is 0 Å². The minimum Gasteiger partial charge on any atom is -0.361 e. The molecule has 2 aromatic heterocycles. The van der Waals surface area contributed by atoms with Gasteiger partial charge >= 0.3 is 0 Å². The molecule has 0 aromatic carbocycles. The van der Waals surface area contributed by atoms with Gasteiger partial charge in [0, 0.05) is 45.1 Å². The maximum atomic E-state index is 5.20. The van der Waals surface area contributed by atoms with Crippen molar-refractivity contribution in [1.82, 2.24) is 19.9 Å². The van der Waals surface area contributed by atoms with Crippen LogP contribution in [0.4, 0.5) is 0 Å². The van der Waals surface area contributed by atoms with Crippen molar-refractivity contribution >= 4 is 5.96 Å². The first kappa shape index (κ1) is 17.1. The van der Waals surface area contributed by atoms with E-state index in [0.717, 1.165) is 43.3 Å². The first-order chi connectivity index (χ1) is 11.0. The van der Waals surface area contributed by atoms with Crippen LogP contribution in [0.2, 0.25) is 0 Å². The summed E-state index contributed by atoms with van der Waals surface area (Å²) in [5.41, 5.74) is 3.47. The van der Waals surface area contributed by atoms with E-state index in [0.29, 0.717) is 0 Å². The summed E-state index contributed by atoms with van der Waals surface area (Å²) in [7, 11) is 5.93. The monoisotopic (exact) mass is 317 g/mol. The highest BCUT2D eigenvalue weighted by molar-refractivity contribution is 5.79. The lowest BCUT2D eigenvalue weighted by Crippen LogP contribution is -2.39. The van der Waals surface area contributed by atoms with Crippen molar-refractivity contribution in [1.29, 1.82) is 0 Å². The second kappa shape index (κ2) is 7.85. The Morgan fingerprint density at radius 1 is 1.43 bits per heavy atom. The van der Waals surface area contributed by atoms with Crippen molar-refractivity contribution < 1.29 is 4.52 Å². The molecule has 0 atom stereocenters. The fraction of sp³-hybridized carbons (Fsp3) is 0.529. The summed E-state index contributed by atoms with van der Waals surface area (Å²) in [6.45, 7) is 5.66. The molecule has 6 nitrogen and oxygen atoms in total. The Bertz CT molecular complexity index is 636. The Morgan fingerprint density at radius 2 is 2.22 bits per heavy atom. The Hall–Kier alpha value is -2.24. The predicted octanol–water partition coefficient (Wildman–Crippen LogP) is 2.27. The number of rotatable bonds is 6. The molecule has 0 bridgehead atoms. The van der Waals surface area contributed by atoms with Crippen LogP contribution in [0.1, 0.15) is 29.1 Å². The Labute approximate surface area is 138 Å². The predicted molar refractivity (Wildman–Crippen MR) is 92.5 cm³/mol. The molecular formula is C17H27N5O. The van der Waals surface area contributed by atoms with Gasteiger partial charge in [0.1, 0.15) is 5.76 Å². The topological polar surface area (TPSA) is 58.6 Å². The fourth-order valence-electron chi connectivity index (χ4n) is 2.69. The smallest absolute Gasteiger partial charge is 0.193 e. The van der Waals surface area contributed by atoms with Crippen molar-refractivity contribution in [3.8, 4) is 0 Å². The Balaban J connectivity index is 1.80. The molecule has 6 heteroatoms. The molecule has 0 aliphatic carbocycles. The number of aromatic nitrogens is 2. The third kappa shape index (κ3) is 4.37. The lowest BCUT2D eigenvalue weighted by molar-refractivity contribution is 0.392. The van der Waals surface area contributed by atoms with Gasteiger partial charge in [-0.2, -0.15) is 0 Å². The van der Waals surface area contributed by atoms with Crippen molar-refractivity contribution in [3.05, 3.63) is 41.0 Å². The Kier molecular flexibility index (Phi) is 5.84. The highest BCUT2D eigenvalue weighted by Crippen LogP contribution is 2.13. The van der Waals surface area contributed by atoms with E-state index in [1.165, 1.54) is 11.3 Å². The molecule has 0 saturated heterocycles. The summed E-state index contributed by atoms with van der Waals surface area (Å²) in [5.74, 6) is 1.83. The second-order valence-corrected chi connectivity index (χ2v) is 5.85. The number of nitrogens with one attached hydrogen (secondary N) is 1. The third-order valence-corrected chi connectivity index (χ3v) is 4.09. The number of aryl methyl sites for hydroxylation is 3. The van der Waals surface area contributed by atoms with Gasteiger partial charge in [-0.25, -0.2) is 0 Å². The number of nitrogens with zero attached hydrogens (tertiary/aromatic N) is 4. The molecular weight excluding hydrogens is 290 g/mol. The average Bonchev–Trinajstić information content (AvgIpc) is 3.06. The van der Waals surface area contributed by atoms with Crippen LogP contribution < -0.4 is 5.32 Å². The molecule has 0 aliphatic heterocycles. The quantitative estimate of drug-likeness (QED) is 0.504. The van der Waals surface area contributed by atoms with Crippen LogP contribution in [-0.4, -0.2) is 41.2 Å². The van der Waals surface area contributed by atoms with E-state index in [4.69, 9.17) is 4.52 Å². The maximum absolute atomic E-state index is 5.20.